The lowest BCUT2D eigenvalue weighted by atomic mass is 9.95. The van der Waals surface area contributed by atoms with Crippen LogP contribution in [0.1, 0.15) is 32.1 Å². The van der Waals surface area contributed by atoms with Crippen LogP contribution in [-0.4, -0.2) is 19.2 Å². The molecule has 3 atom stereocenters. The number of fused-ring (bicyclic) bond motifs is 2. The van der Waals surface area contributed by atoms with Crippen LogP contribution in [0.3, 0.4) is 0 Å². The van der Waals surface area contributed by atoms with E-state index in [0.717, 1.165) is 43.2 Å². The zero-order valence-corrected chi connectivity index (χ0v) is 11.0. The van der Waals surface area contributed by atoms with Gasteiger partial charge in [-0.2, -0.15) is 0 Å². The van der Waals surface area contributed by atoms with Gasteiger partial charge in [-0.05, 0) is 56.2 Å². The molecule has 3 unspecified atom stereocenters. The number of rotatable bonds is 6. The molecule has 0 amide bonds. The molecular weight excluding hydrogens is 222 g/mol. The van der Waals surface area contributed by atoms with Crippen LogP contribution in [0.5, 0.6) is 5.75 Å². The molecule has 0 saturated heterocycles. The van der Waals surface area contributed by atoms with Crippen LogP contribution in [0.2, 0.25) is 0 Å². The first-order valence-electron chi connectivity index (χ1n) is 7.33. The Balaban J connectivity index is 1.29. The van der Waals surface area contributed by atoms with E-state index >= 15 is 0 Å². The van der Waals surface area contributed by atoms with Gasteiger partial charge >= 0.3 is 0 Å². The highest BCUT2D eigenvalue weighted by molar-refractivity contribution is 5.20. The Morgan fingerprint density at radius 2 is 2.00 bits per heavy atom. The molecule has 0 heterocycles. The first-order valence-corrected chi connectivity index (χ1v) is 7.33. The molecule has 1 aromatic rings. The van der Waals surface area contributed by atoms with E-state index in [-0.39, 0.29) is 0 Å². The predicted octanol–water partition coefficient (Wildman–Crippen LogP) is 3.23. The summed E-state index contributed by atoms with van der Waals surface area (Å²) in [5.41, 5.74) is 0. The zero-order chi connectivity index (χ0) is 12.2. The number of benzene rings is 1. The summed E-state index contributed by atoms with van der Waals surface area (Å²) < 4.78 is 5.69. The van der Waals surface area contributed by atoms with E-state index in [1.54, 1.807) is 0 Å². The van der Waals surface area contributed by atoms with Crippen molar-refractivity contribution in [2.75, 3.05) is 13.2 Å². The Labute approximate surface area is 110 Å². The monoisotopic (exact) mass is 245 g/mol. The fraction of sp³-hybridized carbons (Fsp3) is 0.625. The molecular formula is C16H23NO. The molecule has 2 fully saturated rings. The molecule has 1 N–H and O–H groups in total. The molecule has 2 heteroatoms. The number of para-hydroxylation sites is 1. The normalized spacial score (nSPS) is 29.7. The molecule has 0 aromatic heterocycles. The van der Waals surface area contributed by atoms with E-state index in [9.17, 15) is 0 Å². The molecule has 0 aliphatic heterocycles. The summed E-state index contributed by atoms with van der Waals surface area (Å²) in [5.74, 6) is 3.00. The minimum absolute atomic E-state index is 0.806. The van der Waals surface area contributed by atoms with Crippen molar-refractivity contribution in [3.63, 3.8) is 0 Å². The Hall–Kier alpha value is -1.02. The molecule has 18 heavy (non-hydrogen) atoms. The van der Waals surface area contributed by atoms with Crippen LogP contribution in [0.25, 0.3) is 0 Å². The standard InChI is InChI=1S/C16H23NO/c1-2-5-15(6-3-1)18-10-4-9-17-16-12-13-7-8-14(16)11-13/h1-3,5-6,13-14,16-17H,4,7-12H2. The topological polar surface area (TPSA) is 21.3 Å². The molecule has 0 radical (unpaired) electrons. The van der Waals surface area contributed by atoms with E-state index in [4.69, 9.17) is 4.74 Å². The molecule has 0 spiro atoms. The Bertz CT molecular complexity index is 365. The molecule has 1 aromatic carbocycles. The minimum Gasteiger partial charge on any atom is -0.494 e. The van der Waals surface area contributed by atoms with Crippen molar-refractivity contribution in [2.24, 2.45) is 11.8 Å². The third kappa shape index (κ3) is 2.86. The average molecular weight is 245 g/mol. The van der Waals surface area contributed by atoms with Gasteiger partial charge in [-0.25, -0.2) is 0 Å². The van der Waals surface area contributed by atoms with E-state index in [1.807, 2.05) is 30.3 Å². The van der Waals surface area contributed by atoms with Crippen LogP contribution in [0.4, 0.5) is 0 Å². The molecule has 3 rings (SSSR count). The number of nitrogens with one attached hydrogen (secondary N) is 1. The number of hydrogen-bond donors (Lipinski definition) is 1. The number of ether oxygens (including phenoxy) is 1. The first kappa shape index (κ1) is 12.0. The highest BCUT2D eigenvalue weighted by Crippen LogP contribution is 2.44. The first-order chi connectivity index (χ1) is 8.92. The average Bonchev–Trinajstić information content (AvgIpc) is 3.02. The summed E-state index contributed by atoms with van der Waals surface area (Å²) >= 11 is 0. The van der Waals surface area contributed by atoms with Crippen LogP contribution in [0.15, 0.2) is 30.3 Å². The maximum Gasteiger partial charge on any atom is 0.119 e. The van der Waals surface area contributed by atoms with Gasteiger partial charge in [0, 0.05) is 6.04 Å². The van der Waals surface area contributed by atoms with Crippen LogP contribution in [-0.2, 0) is 0 Å². The molecule has 2 nitrogen and oxygen atoms in total. The summed E-state index contributed by atoms with van der Waals surface area (Å²) in [5, 5.41) is 3.72. The lowest BCUT2D eigenvalue weighted by Gasteiger charge is -2.22. The number of hydrogen-bond acceptors (Lipinski definition) is 2. The van der Waals surface area contributed by atoms with Gasteiger partial charge in [-0.15, -0.1) is 0 Å². The van der Waals surface area contributed by atoms with Crippen LogP contribution in [0, 0.1) is 11.8 Å². The van der Waals surface area contributed by atoms with Crippen molar-refractivity contribution < 1.29 is 4.74 Å². The molecule has 2 bridgehead atoms. The van der Waals surface area contributed by atoms with E-state index in [0.29, 0.717) is 0 Å². The smallest absolute Gasteiger partial charge is 0.119 e. The molecule has 2 aliphatic carbocycles. The van der Waals surface area contributed by atoms with Crippen molar-refractivity contribution in [3.8, 4) is 5.75 Å². The van der Waals surface area contributed by atoms with Gasteiger partial charge in [0.2, 0.25) is 0 Å². The van der Waals surface area contributed by atoms with E-state index in [1.165, 1.54) is 25.7 Å². The Morgan fingerprint density at radius 1 is 1.11 bits per heavy atom. The van der Waals surface area contributed by atoms with Crippen molar-refractivity contribution in [1.82, 2.24) is 5.32 Å². The highest BCUT2D eigenvalue weighted by atomic mass is 16.5. The van der Waals surface area contributed by atoms with Crippen molar-refractivity contribution >= 4 is 0 Å². The van der Waals surface area contributed by atoms with Crippen molar-refractivity contribution in [2.45, 2.75) is 38.1 Å². The molecule has 2 saturated carbocycles. The summed E-state index contributed by atoms with van der Waals surface area (Å²) in [6, 6.07) is 10.9. The molecule has 2 aliphatic rings. The zero-order valence-electron chi connectivity index (χ0n) is 11.0. The fourth-order valence-corrected chi connectivity index (χ4v) is 3.56. The van der Waals surface area contributed by atoms with Gasteiger partial charge in [0.25, 0.3) is 0 Å². The van der Waals surface area contributed by atoms with Gasteiger partial charge in [0.05, 0.1) is 6.61 Å². The van der Waals surface area contributed by atoms with Gasteiger partial charge < -0.3 is 10.1 Å². The van der Waals surface area contributed by atoms with Crippen molar-refractivity contribution in [1.29, 1.82) is 0 Å². The maximum atomic E-state index is 5.69. The predicted molar refractivity (Wildman–Crippen MR) is 73.8 cm³/mol. The van der Waals surface area contributed by atoms with E-state index < -0.39 is 0 Å². The second kappa shape index (κ2) is 5.75. The minimum atomic E-state index is 0.806. The second-order valence-corrected chi connectivity index (χ2v) is 5.75. The van der Waals surface area contributed by atoms with Crippen LogP contribution < -0.4 is 10.1 Å². The van der Waals surface area contributed by atoms with Gasteiger partial charge in [-0.3, -0.25) is 0 Å². The largest absolute Gasteiger partial charge is 0.494 e. The quantitative estimate of drug-likeness (QED) is 0.777. The second-order valence-electron chi connectivity index (χ2n) is 5.75. The summed E-state index contributed by atoms with van der Waals surface area (Å²) in [6.45, 7) is 1.92. The lowest BCUT2D eigenvalue weighted by Crippen LogP contribution is -2.35. The SMILES string of the molecule is c1ccc(OCCCNC2CC3CCC2C3)cc1. The van der Waals surface area contributed by atoms with Gasteiger partial charge in [0.1, 0.15) is 5.75 Å². The van der Waals surface area contributed by atoms with E-state index in [2.05, 4.69) is 5.32 Å². The summed E-state index contributed by atoms with van der Waals surface area (Å²) in [7, 11) is 0. The maximum absolute atomic E-state index is 5.69. The van der Waals surface area contributed by atoms with Gasteiger partial charge in [0.15, 0.2) is 0 Å². The molecule has 98 valence electrons. The fourth-order valence-electron chi connectivity index (χ4n) is 3.56. The van der Waals surface area contributed by atoms with Crippen molar-refractivity contribution in [3.05, 3.63) is 30.3 Å². The lowest BCUT2D eigenvalue weighted by molar-refractivity contribution is 0.292. The summed E-state index contributed by atoms with van der Waals surface area (Å²) in [6.07, 6.45) is 6.95. The third-order valence-electron chi connectivity index (χ3n) is 4.48. The Kier molecular flexibility index (Phi) is 3.84. The Morgan fingerprint density at radius 3 is 2.72 bits per heavy atom. The highest BCUT2D eigenvalue weighted by Gasteiger charge is 2.38. The van der Waals surface area contributed by atoms with Crippen LogP contribution >= 0.6 is 0 Å². The third-order valence-corrected chi connectivity index (χ3v) is 4.48. The van der Waals surface area contributed by atoms with Gasteiger partial charge in [-0.1, -0.05) is 24.6 Å². The summed E-state index contributed by atoms with van der Waals surface area (Å²) in [4.78, 5) is 0.